The van der Waals surface area contributed by atoms with E-state index in [4.69, 9.17) is 10.5 Å². The quantitative estimate of drug-likeness (QED) is 0.723. The largest absolute Gasteiger partial charge is 0.497 e. The molecule has 0 aliphatic heterocycles. The standard InChI is InChI=1S/C13H16N4O2S2/c1-19-10-4-2-9(3-5-10)8-15-12-16-17-13(21-12)20-7-6-11(14)18/h2-5H,6-8H2,1H3,(H2,14,18)(H,15,16). The first kappa shape index (κ1) is 15.6. The normalized spacial score (nSPS) is 10.3. The van der Waals surface area contributed by atoms with Crippen molar-refractivity contribution in [2.45, 2.75) is 17.3 Å². The molecular formula is C13H16N4O2S2. The number of nitrogens with two attached hydrogens (primary N) is 1. The van der Waals surface area contributed by atoms with E-state index >= 15 is 0 Å². The molecule has 0 spiro atoms. The van der Waals surface area contributed by atoms with Crippen LogP contribution in [0.3, 0.4) is 0 Å². The fraction of sp³-hybridized carbons (Fsp3) is 0.308. The maximum atomic E-state index is 10.7. The van der Waals surface area contributed by atoms with Crippen LogP contribution in [0.2, 0.25) is 0 Å². The van der Waals surface area contributed by atoms with Crippen molar-refractivity contribution in [3.63, 3.8) is 0 Å². The molecule has 2 aromatic rings. The number of benzene rings is 1. The zero-order valence-corrected chi connectivity index (χ0v) is 13.2. The second kappa shape index (κ2) is 7.84. The summed E-state index contributed by atoms with van der Waals surface area (Å²) in [4.78, 5) is 10.7. The second-order valence-electron chi connectivity index (χ2n) is 4.14. The van der Waals surface area contributed by atoms with Crippen molar-refractivity contribution in [3.05, 3.63) is 29.8 Å². The number of rotatable bonds is 8. The maximum absolute atomic E-state index is 10.7. The molecular weight excluding hydrogens is 308 g/mol. The van der Waals surface area contributed by atoms with E-state index in [1.54, 1.807) is 7.11 Å². The Morgan fingerprint density at radius 3 is 2.81 bits per heavy atom. The molecule has 21 heavy (non-hydrogen) atoms. The molecule has 1 amide bonds. The topological polar surface area (TPSA) is 90.1 Å². The Bertz CT molecular complexity index is 586. The SMILES string of the molecule is COc1ccc(CNc2nnc(SCCC(N)=O)s2)cc1. The van der Waals surface area contributed by atoms with Gasteiger partial charge in [-0.05, 0) is 17.7 Å². The number of aromatic nitrogens is 2. The molecule has 1 heterocycles. The Labute approximate surface area is 131 Å². The van der Waals surface area contributed by atoms with Crippen molar-refractivity contribution in [1.82, 2.24) is 10.2 Å². The van der Waals surface area contributed by atoms with Crippen molar-refractivity contribution in [2.75, 3.05) is 18.2 Å². The van der Waals surface area contributed by atoms with E-state index in [2.05, 4.69) is 15.5 Å². The molecule has 0 atom stereocenters. The molecule has 0 radical (unpaired) electrons. The van der Waals surface area contributed by atoms with Gasteiger partial charge in [0.15, 0.2) is 4.34 Å². The summed E-state index contributed by atoms with van der Waals surface area (Å²) in [5, 5.41) is 12.1. The first-order chi connectivity index (χ1) is 10.2. The molecule has 0 saturated heterocycles. The van der Waals surface area contributed by atoms with E-state index in [0.29, 0.717) is 18.7 Å². The van der Waals surface area contributed by atoms with Crippen LogP contribution in [-0.4, -0.2) is 29.0 Å². The Morgan fingerprint density at radius 1 is 1.38 bits per heavy atom. The maximum Gasteiger partial charge on any atom is 0.218 e. The summed E-state index contributed by atoms with van der Waals surface area (Å²) in [5.74, 6) is 1.16. The molecule has 112 valence electrons. The van der Waals surface area contributed by atoms with E-state index in [1.807, 2.05) is 24.3 Å². The molecule has 0 fully saturated rings. The molecule has 2 rings (SSSR count). The van der Waals surface area contributed by atoms with Gasteiger partial charge in [-0.3, -0.25) is 4.79 Å². The lowest BCUT2D eigenvalue weighted by Crippen LogP contribution is -2.10. The molecule has 6 nitrogen and oxygen atoms in total. The predicted octanol–water partition coefficient (Wildman–Crippen LogP) is 2.13. The third kappa shape index (κ3) is 5.24. The van der Waals surface area contributed by atoms with Gasteiger partial charge in [-0.25, -0.2) is 0 Å². The summed E-state index contributed by atoms with van der Waals surface area (Å²) < 4.78 is 5.94. The zero-order valence-electron chi connectivity index (χ0n) is 11.5. The van der Waals surface area contributed by atoms with E-state index in [0.717, 1.165) is 20.8 Å². The van der Waals surface area contributed by atoms with Crippen LogP contribution in [0.5, 0.6) is 5.75 Å². The second-order valence-corrected chi connectivity index (χ2v) is 6.46. The van der Waals surface area contributed by atoms with Crippen molar-refractivity contribution in [1.29, 1.82) is 0 Å². The third-order valence-electron chi connectivity index (χ3n) is 2.58. The van der Waals surface area contributed by atoms with Crippen LogP contribution >= 0.6 is 23.1 Å². The zero-order chi connectivity index (χ0) is 15.1. The van der Waals surface area contributed by atoms with Gasteiger partial charge in [0.1, 0.15) is 5.75 Å². The monoisotopic (exact) mass is 324 g/mol. The Hall–Kier alpha value is -1.80. The van der Waals surface area contributed by atoms with Gasteiger partial charge < -0.3 is 15.8 Å². The van der Waals surface area contributed by atoms with Crippen LogP contribution in [0.1, 0.15) is 12.0 Å². The average Bonchev–Trinajstić information content (AvgIpc) is 2.93. The minimum absolute atomic E-state index is 0.301. The highest BCUT2D eigenvalue weighted by molar-refractivity contribution is 8.01. The molecule has 0 saturated carbocycles. The van der Waals surface area contributed by atoms with Gasteiger partial charge >= 0.3 is 0 Å². The van der Waals surface area contributed by atoms with Gasteiger partial charge in [0, 0.05) is 18.7 Å². The number of carbonyl (C=O) groups is 1. The molecule has 0 aliphatic rings. The Kier molecular flexibility index (Phi) is 5.82. The average molecular weight is 324 g/mol. The molecule has 0 bridgehead atoms. The minimum atomic E-state index is -0.301. The fourth-order valence-corrected chi connectivity index (χ4v) is 3.27. The number of nitrogens with one attached hydrogen (secondary N) is 1. The number of thioether (sulfide) groups is 1. The number of ether oxygens (including phenoxy) is 1. The van der Waals surface area contributed by atoms with Crippen molar-refractivity contribution < 1.29 is 9.53 Å². The summed E-state index contributed by atoms with van der Waals surface area (Å²) in [5.41, 5.74) is 6.22. The Balaban J connectivity index is 1.80. The molecule has 8 heteroatoms. The van der Waals surface area contributed by atoms with E-state index in [1.165, 1.54) is 23.1 Å². The molecule has 1 aromatic carbocycles. The van der Waals surface area contributed by atoms with Gasteiger partial charge in [-0.1, -0.05) is 35.2 Å². The van der Waals surface area contributed by atoms with Gasteiger partial charge in [-0.2, -0.15) is 0 Å². The summed E-state index contributed by atoms with van der Waals surface area (Å²) in [6.45, 7) is 0.671. The van der Waals surface area contributed by atoms with E-state index < -0.39 is 0 Å². The highest BCUT2D eigenvalue weighted by Gasteiger charge is 2.05. The third-order valence-corrected chi connectivity index (χ3v) is 4.60. The number of hydrogen-bond donors (Lipinski definition) is 2. The fourth-order valence-electron chi connectivity index (χ4n) is 1.50. The number of primary amides is 1. The number of carbonyl (C=O) groups excluding carboxylic acids is 1. The van der Waals surface area contributed by atoms with Gasteiger partial charge in [0.2, 0.25) is 11.0 Å². The smallest absolute Gasteiger partial charge is 0.218 e. The van der Waals surface area contributed by atoms with Crippen molar-refractivity contribution in [3.8, 4) is 5.75 Å². The number of nitrogens with zero attached hydrogens (tertiary/aromatic N) is 2. The van der Waals surface area contributed by atoms with Gasteiger partial charge in [0.05, 0.1) is 7.11 Å². The van der Waals surface area contributed by atoms with Crippen LogP contribution in [0, 0.1) is 0 Å². The van der Waals surface area contributed by atoms with E-state index in [-0.39, 0.29) is 5.91 Å². The summed E-state index contributed by atoms with van der Waals surface area (Å²) in [6.07, 6.45) is 0.346. The lowest BCUT2D eigenvalue weighted by Gasteiger charge is -2.03. The predicted molar refractivity (Wildman–Crippen MR) is 84.8 cm³/mol. The van der Waals surface area contributed by atoms with Gasteiger partial charge in [-0.15, -0.1) is 10.2 Å². The van der Waals surface area contributed by atoms with Crippen LogP contribution in [0.4, 0.5) is 5.13 Å². The van der Waals surface area contributed by atoms with Gasteiger partial charge in [0.25, 0.3) is 0 Å². The lowest BCUT2D eigenvalue weighted by molar-refractivity contribution is -0.117. The number of anilines is 1. The summed E-state index contributed by atoms with van der Waals surface area (Å²) >= 11 is 2.95. The lowest BCUT2D eigenvalue weighted by atomic mass is 10.2. The van der Waals surface area contributed by atoms with Crippen LogP contribution in [0.25, 0.3) is 0 Å². The van der Waals surface area contributed by atoms with Crippen LogP contribution < -0.4 is 15.8 Å². The van der Waals surface area contributed by atoms with Crippen molar-refractivity contribution >= 4 is 34.1 Å². The van der Waals surface area contributed by atoms with E-state index in [9.17, 15) is 4.79 Å². The molecule has 0 aliphatic carbocycles. The van der Waals surface area contributed by atoms with Crippen molar-refractivity contribution in [2.24, 2.45) is 5.73 Å². The first-order valence-corrected chi connectivity index (χ1v) is 8.09. The highest BCUT2D eigenvalue weighted by Crippen LogP contribution is 2.26. The first-order valence-electron chi connectivity index (χ1n) is 6.29. The number of amides is 1. The minimum Gasteiger partial charge on any atom is -0.497 e. The number of hydrogen-bond acceptors (Lipinski definition) is 7. The molecule has 1 aromatic heterocycles. The number of methoxy groups -OCH3 is 1. The highest BCUT2D eigenvalue weighted by atomic mass is 32.2. The molecule has 3 N–H and O–H groups in total. The van der Waals surface area contributed by atoms with Crippen LogP contribution in [0.15, 0.2) is 28.6 Å². The Morgan fingerprint density at radius 2 is 2.14 bits per heavy atom. The van der Waals surface area contributed by atoms with Crippen LogP contribution in [-0.2, 0) is 11.3 Å². The molecule has 0 unspecified atom stereocenters. The summed E-state index contributed by atoms with van der Waals surface area (Å²) in [7, 11) is 1.64. The summed E-state index contributed by atoms with van der Waals surface area (Å²) in [6, 6.07) is 7.83.